The highest BCUT2D eigenvalue weighted by molar-refractivity contribution is 7.99. The molecule has 2 N–H and O–H groups in total. The van der Waals surface area contributed by atoms with Crippen molar-refractivity contribution in [3.8, 4) is 5.75 Å². The topological polar surface area (TPSA) is 41.5 Å². The van der Waals surface area contributed by atoms with E-state index in [0.29, 0.717) is 13.2 Å². The molecule has 0 radical (unpaired) electrons. The van der Waals surface area contributed by atoms with Crippen LogP contribution in [0.4, 0.5) is 0 Å². The minimum absolute atomic E-state index is 0.504. The Bertz CT molecular complexity index is 361. The molecule has 1 aromatic carbocycles. The van der Waals surface area contributed by atoms with Gasteiger partial charge in [0.15, 0.2) is 0 Å². The first kappa shape index (κ1) is 13.7. The average molecular weight is 267 g/mol. The Morgan fingerprint density at radius 1 is 1.39 bits per heavy atom. The van der Waals surface area contributed by atoms with Crippen molar-refractivity contribution in [1.82, 2.24) is 5.32 Å². The minimum Gasteiger partial charge on any atom is -0.494 e. The number of hydrogen-bond donors (Lipinski definition) is 2. The highest BCUT2D eigenvalue weighted by atomic mass is 32.2. The summed E-state index contributed by atoms with van der Waals surface area (Å²) in [4.78, 5) is 0. The summed E-state index contributed by atoms with van der Waals surface area (Å²) in [5.41, 5.74) is 0.711. The molecule has 0 amide bonds. The van der Waals surface area contributed by atoms with Crippen molar-refractivity contribution in [3.63, 3.8) is 0 Å². The predicted molar refractivity (Wildman–Crippen MR) is 76.2 cm³/mol. The van der Waals surface area contributed by atoms with Crippen LogP contribution >= 0.6 is 11.8 Å². The molecular formula is C14H21NO2S. The van der Waals surface area contributed by atoms with Gasteiger partial charge in [-0.1, -0.05) is 12.1 Å². The van der Waals surface area contributed by atoms with E-state index in [-0.39, 0.29) is 0 Å². The smallest absolute Gasteiger partial charge is 0.119 e. The first-order valence-electron chi connectivity index (χ1n) is 6.44. The second-order valence-corrected chi connectivity index (χ2v) is 5.81. The Labute approximate surface area is 113 Å². The van der Waals surface area contributed by atoms with Crippen molar-refractivity contribution in [1.29, 1.82) is 0 Å². The van der Waals surface area contributed by atoms with Crippen LogP contribution in [0.1, 0.15) is 18.9 Å². The second-order valence-electron chi connectivity index (χ2n) is 4.71. The number of benzene rings is 1. The predicted octanol–water partition coefficient (Wildman–Crippen LogP) is 2.04. The standard InChI is InChI=1S/C14H21NO2S/c1-2-17-13-5-3-12(4-6-13)9-15-10-14(16)7-8-18-11-14/h3-6,15-16H,2,7-11H2,1H3. The van der Waals surface area contributed by atoms with Crippen molar-refractivity contribution in [2.75, 3.05) is 24.7 Å². The summed E-state index contributed by atoms with van der Waals surface area (Å²) in [6.45, 7) is 4.14. The van der Waals surface area contributed by atoms with E-state index in [4.69, 9.17) is 4.74 Å². The molecule has 18 heavy (non-hydrogen) atoms. The molecule has 3 nitrogen and oxygen atoms in total. The fourth-order valence-corrected chi connectivity index (χ4v) is 3.34. The summed E-state index contributed by atoms with van der Waals surface area (Å²) in [6, 6.07) is 8.10. The van der Waals surface area contributed by atoms with Gasteiger partial charge in [-0.05, 0) is 36.8 Å². The van der Waals surface area contributed by atoms with E-state index in [2.05, 4.69) is 17.4 Å². The van der Waals surface area contributed by atoms with Gasteiger partial charge in [0.05, 0.1) is 12.2 Å². The zero-order valence-corrected chi connectivity index (χ0v) is 11.6. The first-order valence-corrected chi connectivity index (χ1v) is 7.60. The van der Waals surface area contributed by atoms with Gasteiger partial charge >= 0.3 is 0 Å². The number of hydrogen-bond acceptors (Lipinski definition) is 4. The maximum absolute atomic E-state index is 10.2. The lowest BCUT2D eigenvalue weighted by Crippen LogP contribution is -2.40. The summed E-state index contributed by atoms with van der Waals surface area (Å²) in [5, 5.41) is 13.5. The zero-order valence-electron chi connectivity index (χ0n) is 10.8. The van der Waals surface area contributed by atoms with Crippen molar-refractivity contribution in [2.24, 2.45) is 0 Å². The van der Waals surface area contributed by atoms with E-state index in [1.54, 1.807) is 0 Å². The molecule has 1 heterocycles. The van der Waals surface area contributed by atoms with Crippen molar-refractivity contribution >= 4 is 11.8 Å². The van der Waals surface area contributed by atoms with Gasteiger partial charge in [-0.15, -0.1) is 0 Å². The minimum atomic E-state index is -0.504. The van der Waals surface area contributed by atoms with Crippen LogP contribution in [-0.4, -0.2) is 35.4 Å². The Hall–Kier alpha value is -0.710. The molecule has 2 rings (SSSR count). The Balaban J connectivity index is 1.76. The summed E-state index contributed by atoms with van der Waals surface area (Å²) in [7, 11) is 0. The fraction of sp³-hybridized carbons (Fsp3) is 0.571. The normalized spacial score (nSPS) is 23.2. The van der Waals surface area contributed by atoms with Crippen LogP contribution in [0.15, 0.2) is 24.3 Å². The van der Waals surface area contributed by atoms with Gasteiger partial charge < -0.3 is 15.2 Å². The third-order valence-electron chi connectivity index (χ3n) is 3.10. The van der Waals surface area contributed by atoms with E-state index in [9.17, 15) is 5.11 Å². The van der Waals surface area contributed by atoms with E-state index in [0.717, 1.165) is 30.2 Å². The number of rotatable bonds is 6. The van der Waals surface area contributed by atoms with Gasteiger partial charge in [-0.2, -0.15) is 11.8 Å². The number of thioether (sulfide) groups is 1. The number of aliphatic hydroxyl groups is 1. The van der Waals surface area contributed by atoms with Crippen LogP contribution < -0.4 is 10.1 Å². The maximum Gasteiger partial charge on any atom is 0.119 e. The lowest BCUT2D eigenvalue weighted by atomic mass is 10.0. The molecule has 1 aliphatic heterocycles. The lowest BCUT2D eigenvalue weighted by molar-refractivity contribution is 0.0674. The van der Waals surface area contributed by atoms with Crippen LogP contribution in [0.2, 0.25) is 0 Å². The average Bonchev–Trinajstić information content (AvgIpc) is 2.79. The Morgan fingerprint density at radius 2 is 2.17 bits per heavy atom. The van der Waals surface area contributed by atoms with Crippen LogP contribution in [0.3, 0.4) is 0 Å². The van der Waals surface area contributed by atoms with E-state index in [1.807, 2.05) is 30.8 Å². The second kappa shape index (κ2) is 6.45. The molecule has 0 aromatic heterocycles. The SMILES string of the molecule is CCOc1ccc(CNCC2(O)CCSC2)cc1. The molecule has 0 spiro atoms. The Kier molecular flexibility index (Phi) is 4.92. The van der Waals surface area contributed by atoms with Crippen LogP contribution in [0.25, 0.3) is 0 Å². The summed E-state index contributed by atoms with van der Waals surface area (Å²) in [6.07, 6.45) is 0.897. The molecule has 1 saturated heterocycles. The molecule has 1 fully saturated rings. The molecule has 100 valence electrons. The van der Waals surface area contributed by atoms with Crippen molar-refractivity contribution in [3.05, 3.63) is 29.8 Å². The number of nitrogens with one attached hydrogen (secondary N) is 1. The van der Waals surface area contributed by atoms with E-state index >= 15 is 0 Å². The van der Waals surface area contributed by atoms with Crippen LogP contribution in [0.5, 0.6) is 5.75 Å². The lowest BCUT2D eigenvalue weighted by Gasteiger charge is -2.21. The van der Waals surface area contributed by atoms with Gasteiger partial charge in [-0.25, -0.2) is 0 Å². The van der Waals surface area contributed by atoms with Gasteiger partial charge in [0.1, 0.15) is 5.75 Å². The molecular weight excluding hydrogens is 246 g/mol. The molecule has 1 aromatic rings. The number of ether oxygens (including phenoxy) is 1. The molecule has 4 heteroatoms. The van der Waals surface area contributed by atoms with E-state index in [1.165, 1.54) is 5.56 Å². The quantitative estimate of drug-likeness (QED) is 0.827. The van der Waals surface area contributed by atoms with Crippen molar-refractivity contribution < 1.29 is 9.84 Å². The molecule has 1 unspecified atom stereocenters. The molecule has 0 aliphatic carbocycles. The van der Waals surface area contributed by atoms with Gasteiger partial charge in [0, 0.05) is 18.8 Å². The summed E-state index contributed by atoms with van der Waals surface area (Å²) < 4.78 is 5.40. The maximum atomic E-state index is 10.2. The zero-order chi connectivity index (χ0) is 12.8. The van der Waals surface area contributed by atoms with Gasteiger partial charge in [0.2, 0.25) is 0 Å². The monoisotopic (exact) mass is 267 g/mol. The summed E-state index contributed by atoms with van der Waals surface area (Å²) in [5.74, 6) is 2.83. The van der Waals surface area contributed by atoms with Crippen molar-refractivity contribution in [2.45, 2.75) is 25.5 Å². The largest absolute Gasteiger partial charge is 0.494 e. The fourth-order valence-electron chi connectivity index (χ4n) is 2.05. The first-order chi connectivity index (χ1) is 8.72. The highest BCUT2D eigenvalue weighted by Crippen LogP contribution is 2.27. The third-order valence-corrected chi connectivity index (χ3v) is 4.33. The molecule has 1 atom stereocenters. The molecule has 0 saturated carbocycles. The van der Waals surface area contributed by atoms with Gasteiger partial charge in [-0.3, -0.25) is 0 Å². The van der Waals surface area contributed by atoms with Gasteiger partial charge in [0.25, 0.3) is 0 Å². The highest BCUT2D eigenvalue weighted by Gasteiger charge is 2.30. The Morgan fingerprint density at radius 3 is 2.78 bits per heavy atom. The van der Waals surface area contributed by atoms with Crippen LogP contribution in [0, 0.1) is 0 Å². The van der Waals surface area contributed by atoms with E-state index < -0.39 is 5.60 Å². The molecule has 1 aliphatic rings. The third kappa shape index (κ3) is 3.90. The van der Waals surface area contributed by atoms with Crippen LogP contribution in [-0.2, 0) is 6.54 Å². The summed E-state index contributed by atoms with van der Waals surface area (Å²) >= 11 is 1.83. The molecule has 0 bridgehead atoms.